The van der Waals surface area contributed by atoms with E-state index in [9.17, 15) is 4.79 Å². The Balaban J connectivity index is 1.85. The van der Waals surface area contributed by atoms with Crippen LogP contribution in [0.5, 0.6) is 0 Å². The lowest BCUT2D eigenvalue weighted by atomic mass is 10.0. The summed E-state index contributed by atoms with van der Waals surface area (Å²) >= 11 is 1.68. The predicted molar refractivity (Wildman–Crippen MR) is 73.1 cm³/mol. The molecule has 18 heavy (non-hydrogen) atoms. The molecule has 3 nitrogen and oxygen atoms in total. The Kier molecular flexibility index (Phi) is 4.50. The van der Waals surface area contributed by atoms with E-state index in [2.05, 4.69) is 22.1 Å². The maximum atomic E-state index is 11.0. The zero-order valence-corrected chi connectivity index (χ0v) is 10.7. The highest BCUT2D eigenvalue weighted by atomic mass is 32.1. The zero-order chi connectivity index (χ0) is 12.8. The number of carboxylic acid groups (broad SMARTS) is 1. The first kappa shape index (κ1) is 12.8. The Labute approximate surface area is 110 Å². The molecule has 0 aliphatic carbocycles. The van der Waals surface area contributed by atoms with Gasteiger partial charge >= 0.3 is 5.97 Å². The molecule has 0 spiro atoms. The van der Waals surface area contributed by atoms with E-state index in [1.807, 2.05) is 12.1 Å². The third kappa shape index (κ3) is 3.42. The summed E-state index contributed by atoms with van der Waals surface area (Å²) in [5.41, 5.74) is 2.55. The van der Waals surface area contributed by atoms with Gasteiger partial charge in [0.15, 0.2) is 0 Å². The largest absolute Gasteiger partial charge is 0.478 e. The lowest BCUT2D eigenvalue weighted by Gasteiger charge is -2.06. The summed E-state index contributed by atoms with van der Waals surface area (Å²) in [5.74, 6) is -0.858. The minimum Gasteiger partial charge on any atom is -0.478 e. The monoisotopic (exact) mass is 261 g/mol. The molecule has 0 aliphatic heterocycles. The minimum absolute atomic E-state index is 0.398. The van der Waals surface area contributed by atoms with Gasteiger partial charge in [0.2, 0.25) is 0 Å². The van der Waals surface area contributed by atoms with Crippen molar-refractivity contribution in [3.63, 3.8) is 0 Å². The van der Waals surface area contributed by atoms with Crippen LogP contribution in [0.4, 0.5) is 0 Å². The van der Waals surface area contributed by atoms with Crippen molar-refractivity contribution in [3.05, 3.63) is 57.8 Å². The highest BCUT2D eigenvalue weighted by molar-refractivity contribution is 7.07. The summed E-state index contributed by atoms with van der Waals surface area (Å²) < 4.78 is 0. The highest BCUT2D eigenvalue weighted by Gasteiger charge is 2.07. The second kappa shape index (κ2) is 6.33. The SMILES string of the molecule is O=C(O)c1ccccc1CCNCc1ccsc1. The van der Waals surface area contributed by atoms with Crippen molar-refractivity contribution in [2.75, 3.05) is 6.54 Å². The van der Waals surface area contributed by atoms with Gasteiger partial charge in [0.1, 0.15) is 0 Å². The van der Waals surface area contributed by atoms with Crippen LogP contribution in [-0.4, -0.2) is 17.6 Å². The van der Waals surface area contributed by atoms with Crippen molar-refractivity contribution in [3.8, 4) is 0 Å². The number of thiophene rings is 1. The fourth-order valence-corrected chi connectivity index (χ4v) is 2.46. The molecule has 94 valence electrons. The Bertz CT molecular complexity index is 508. The number of carbonyl (C=O) groups is 1. The Hall–Kier alpha value is -1.65. The Morgan fingerprint density at radius 1 is 1.28 bits per heavy atom. The topological polar surface area (TPSA) is 49.3 Å². The molecule has 0 atom stereocenters. The van der Waals surface area contributed by atoms with Gasteiger partial charge in [-0.25, -0.2) is 4.79 Å². The van der Waals surface area contributed by atoms with Crippen molar-refractivity contribution >= 4 is 17.3 Å². The smallest absolute Gasteiger partial charge is 0.335 e. The lowest BCUT2D eigenvalue weighted by Crippen LogP contribution is -2.17. The number of aromatic carboxylic acids is 1. The lowest BCUT2D eigenvalue weighted by molar-refractivity contribution is 0.0695. The van der Waals surface area contributed by atoms with Crippen molar-refractivity contribution in [1.29, 1.82) is 0 Å². The van der Waals surface area contributed by atoms with Crippen LogP contribution in [-0.2, 0) is 13.0 Å². The zero-order valence-electron chi connectivity index (χ0n) is 9.93. The molecule has 0 amide bonds. The number of benzene rings is 1. The van der Waals surface area contributed by atoms with Gasteiger partial charge in [-0.2, -0.15) is 11.3 Å². The molecule has 2 aromatic rings. The van der Waals surface area contributed by atoms with Crippen LogP contribution in [0.2, 0.25) is 0 Å². The number of nitrogens with one attached hydrogen (secondary N) is 1. The van der Waals surface area contributed by atoms with E-state index in [4.69, 9.17) is 5.11 Å². The molecule has 0 saturated heterocycles. The molecule has 0 unspecified atom stereocenters. The predicted octanol–water partition coefficient (Wildman–Crippen LogP) is 2.78. The molecular formula is C14H15NO2S. The van der Waals surface area contributed by atoms with Crippen molar-refractivity contribution in [2.45, 2.75) is 13.0 Å². The van der Waals surface area contributed by atoms with Crippen LogP contribution in [0.1, 0.15) is 21.5 Å². The maximum Gasteiger partial charge on any atom is 0.335 e. The molecule has 4 heteroatoms. The fourth-order valence-electron chi connectivity index (χ4n) is 1.80. The Morgan fingerprint density at radius 2 is 2.11 bits per heavy atom. The molecule has 1 aromatic heterocycles. The van der Waals surface area contributed by atoms with Crippen molar-refractivity contribution < 1.29 is 9.90 Å². The first-order valence-electron chi connectivity index (χ1n) is 5.80. The average molecular weight is 261 g/mol. The minimum atomic E-state index is -0.858. The molecule has 0 fully saturated rings. The van der Waals surface area contributed by atoms with E-state index in [0.29, 0.717) is 5.56 Å². The van der Waals surface area contributed by atoms with Gasteiger partial charge in [-0.05, 0) is 47.0 Å². The summed E-state index contributed by atoms with van der Waals surface area (Å²) in [7, 11) is 0. The molecule has 0 radical (unpaired) electrons. The maximum absolute atomic E-state index is 11.0. The Morgan fingerprint density at radius 3 is 2.83 bits per heavy atom. The number of hydrogen-bond donors (Lipinski definition) is 2. The summed E-state index contributed by atoms with van der Waals surface area (Å²) in [6.07, 6.45) is 0.729. The number of rotatable bonds is 6. The first-order valence-corrected chi connectivity index (χ1v) is 6.74. The van der Waals surface area contributed by atoms with E-state index in [-0.39, 0.29) is 0 Å². The van der Waals surface area contributed by atoms with Crippen LogP contribution in [0.15, 0.2) is 41.1 Å². The molecule has 2 rings (SSSR count). The van der Waals surface area contributed by atoms with Crippen molar-refractivity contribution in [1.82, 2.24) is 5.32 Å². The van der Waals surface area contributed by atoms with Gasteiger partial charge in [0.25, 0.3) is 0 Å². The second-order valence-electron chi connectivity index (χ2n) is 4.02. The molecule has 1 aromatic carbocycles. The fraction of sp³-hybridized carbons (Fsp3) is 0.214. The summed E-state index contributed by atoms with van der Waals surface area (Å²) in [6, 6.07) is 9.24. The summed E-state index contributed by atoms with van der Waals surface area (Å²) in [4.78, 5) is 11.0. The first-order chi connectivity index (χ1) is 8.77. The van der Waals surface area contributed by atoms with Gasteiger partial charge in [-0.3, -0.25) is 0 Å². The standard InChI is InChI=1S/C14H15NO2S/c16-14(17)13-4-2-1-3-12(13)5-7-15-9-11-6-8-18-10-11/h1-4,6,8,10,15H,5,7,9H2,(H,16,17). The van der Waals surface area contributed by atoms with E-state index < -0.39 is 5.97 Å². The van der Waals surface area contributed by atoms with E-state index in [1.165, 1.54) is 5.56 Å². The number of hydrogen-bond acceptors (Lipinski definition) is 3. The molecule has 2 N–H and O–H groups in total. The molecule has 0 bridgehead atoms. The van der Waals surface area contributed by atoms with Gasteiger partial charge in [0, 0.05) is 6.54 Å². The van der Waals surface area contributed by atoms with Crippen LogP contribution in [0, 0.1) is 0 Å². The quantitative estimate of drug-likeness (QED) is 0.786. The van der Waals surface area contributed by atoms with E-state index in [1.54, 1.807) is 23.5 Å². The third-order valence-corrected chi connectivity index (χ3v) is 3.46. The van der Waals surface area contributed by atoms with E-state index >= 15 is 0 Å². The highest BCUT2D eigenvalue weighted by Crippen LogP contribution is 2.09. The second-order valence-corrected chi connectivity index (χ2v) is 4.80. The van der Waals surface area contributed by atoms with Crippen LogP contribution in [0.25, 0.3) is 0 Å². The third-order valence-electron chi connectivity index (χ3n) is 2.73. The molecule has 1 heterocycles. The van der Waals surface area contributed by atoms with E-state index in [0.717, 1.165) is 25.1 Å². The van der Waals surface area contributed by atoms with Crippen LogP contribution >= 0.6 is 11.3 Å². The summed E-state index contributed by atoms with van der Waals surface area (Å²) in [5, 5.41) is 16.5. The van der Waals surface area contributed by atoms with Crippen molar-refractivity contribution in [2.24, 2.45) is 0 Å². The van der Waals surface area contributed by atoms with Gasteiger partial charge in [0.05, 0.1) is 5.56 Å². The summed E-state index contributed by atoms with van der Waals surface area (Å²) in [6.45, 7) is 1.61. The number of carboxylic acids is 1. The van der Waals surface area contributed by atoms with Gasteiger partial charge in [-0.15, -0.1) is 0 Å². The molecule has 0 aliphatic rings. The molecular weight excluding hydrogens is 246 g/mol. The van der Waals surface area contributed by atoms with Crippen LogP contribution in [0.3, 0.4) is 0 Å². The average Bonchev–Trinajstić information content (AvgIpc) is 2.88. The normalized spacial score (nSPS) is 10.4. The van der Waals surface area contributed by atoms with Gasteiger partial charge < -0.3 is 10.4 Å². The van der Waals surface area contributed by atoms with Crippen LogP contribution < -0.4 is 5.32 Å². The molecule has 0 saturated carbocycles. The van der Waals surface area contributed by atoms with Gasteiger partial charge in [-0.1, -0.05) is 18.2 Å².